The monoisotopic (exact) mass is 847 g/mol. The predicted octanol–water partition coefficient (Wildman–Crippen LogP) is 8.33. The summed E-state index contributed by atoms with van der Waals surface area (Å²) in [6.07, 6.45) is 0.743. The van der Waals surface area contributed by atoms with Crippen LogP contribution >= 0.6 is 23.5 Å². The van der Waals surface area contributed by atoms with Crippen molar-refractivity contribution in [1.29, 1.82) is 0 Å². The maximum Gasteiger partial charge on any atom is 0.418 e. The summed E-state index contributed by atoms with van der Waals surface area (Å²) >= 11 is 2.73. The number of ether oxygens (including phenoxy) is 4. The molecule has 2 aliphatic carbocycles. The first-order valence-electron chi connectivity index (χ1n) is 19.2. The molecule has 6 rings (SSSR count). The fourth-order valence-corrected chi connectivity index (χ4v) is 11.6. The molecule has 4 aliphatic rings. The number of rotatable bonds is 10. The van der Waals surface area contributed by atoms with E-state index in [4.69, 9.17) is 35.4 Å². The topological polar surface area (TPSA) is 151 Å². The van der Waals surface area contributed by atoms with Crippen molar-refractivity contribution in [1.82, 2.24) is 4.90 Å². The lowest BCUT2D eigenvalue weighted by molar-refractivity contribution is -0.141. The summed E-state index contributed by atoms with van der Waals surface area (Å²) in [7, 11) is 1.67. The first-order valence-corrected chi connectivity index (χ1v) is 24.5. The molecule has 2 heterocycles. The summed E-state index contributed by atoms with van der Waals surface area (Å²) in [5.74, 6) is -1.09. The molecule has 0 saturated heterocycles. The van der Waals surface area contributed by atoms with E-state index in [9.17, 15) is 14.0 Å². The minimum Gasteiger partial charge on any atom is -0.468 e. The van der Waals surface area contributed by atoms with Crippen molar-refractivity contribution >= 4 is 59.7 Å². The lowest BCUT2D eigenvalue weighted by atomic mass is 9.84. The fraction of sp³-hybridized carbons (Fsp3) is 0.610. The molecule has 2 fully saturated rings. The van der Waals surface area contributed by atoms with Crippen LogP contribution in [0, 0.1) is 37.3 Å². The summed E-state index contributed by atoms with van der Waals surface area (Å²) in [5.41, 5.74) is 11.9. The van der Waals surface area contributed by atoms with Gasteiger partial charge in [-0.2, -0.15) is 0 Å². The average Bonchev–Trinajstić information content (AvgIpc) is 4.01. The molecule has 314 valence electrons. The van der Waals surface area contributed by atoms with Crippen LogP contribution in [0.1, 0.15) is 69.7 Å². The Bertz CT molecular complexity index is 1960. The van der Waals surface area contributed by atoms with Gasteiger partial charge in [0.15, 0.2) is 10.3 Å². The van der Waals surface area contributed by atoms with Crippen LogP contribution < -0.4 is 11.5 Å². The highest BCUT2D eigenvalue weighted by atomic mass is 32.2. The van der Waals surface area contributed by atoms with Gasteiger partial charge in [-0.05, 0) is 90.6 Å². The molecule has 0 unspecified atom stereocenters. The Morgan fingerprint density at radius 3 is 2.21 bits per heavy atom. The van der Waals surface area contributed by atoms with E-state index < -0.39 is 41.6 Å². The number of fused-ring (bicyclic) bond motifs is 2. The van der Waals surface area contributed by atoms with Crippen molar-refractivity contribution in [2.45, 2.75) is 113 Å². The highest BCUT2D eigenvalue weighted by Crippen LogP contribution is 2.68. The van der Waals surface area contributed by atoms with Gasteiger partial charge in [0.1, 0.15) is 28.7 Å². The Morgan fingerprint density at radius 1 is 0.947 bits per heavy atom. The van der Waals surface area contributed by atoms with Gasteiger partial charge in [0.2, 0.25) is 0 Å². The van der Waals surface area contributed by atoms with Crippen LogP contribution in [0.4, 0.5) is 19.3 Å². The molecule has 6 atom stereocenters. The van der Waals surface area contributed by atoms with E-state index in [1.807, 2.05) is 13.8 Å². The first-order chi connectivity index (χ1) is 26.4. The number of amides is 1. The lowest BCUT2D eigenvalue weighted by Crippen LogP contribution is -2.47. The molecule has 16 heteroatoms. The van der Waals surface area contributed by atoms with Gasteiger partial charge in [0, 0.05) is 50.4 Å². The molecule has 2 aliphatic heterocycles. The number of carbonyl (C=O) groups is 2. The van der Waals surface area contributed by atoms with Gasteiger partial charge in [-0.15, -0.1) is 0 Å². The van der Waals surface area contributed by atoms with Crippen LogP contribution in [-0.4, -0.2) is 84.6 Å². The Morgan fingerprint density at radius 2 is 1.60 bits per heavy atom. The van der Waals surface area contributed by atoms with E-state index in [2.05, 4.69) is 24.6 Å². The molecule has 57 heavy (non-hydrogen) atoms. The zero-order valence-electron chi connectivity index (χ0n) is 35.3. The van der Waals surface area contributed by atoms with Gasteiger partial charge in [-0.3, -0.25) is 14.8 Å². The van der Waals surface area contributed by atoms with Crippen molar-refractivity contribution in [2.24, 2.45) is 27.6 Å². The third kappa shape index (κ3) is 9.19. The minimum atomic E-state index is -1.35. The number of nitrogens with two attached hydrogens (primary N) is 2. The smallest absolute Gasteiger partial charge is 0.418 e. The van der Waals surface area contributed by atoms with Gasteiger partial charge in [-0.25, -0.2) is 18.5 Å². The summed E-state index contributed by atoms with van der Waals surface area (Å²) < 4.78 is 51.0. The minimum absolute atomic E-state index is 0.0831. The number of aryl methyl sites for hydroxylation is 2. The second-order valence-electron chi connectivity index (χ2n) is 18.1. The van der Waals surface area contributed by atoms with Crippen LogP contribution in [0.25, 0.3) is 0 Å². The molecule has 2 aromatic rings. The molecule has 0 radical (unpaired) electrons. The number of halogens is 2. The largest absolute Gasteiger partial charge is 0.468 e. The van der Waals surface area contributed by atoms with E-state index in [-0.39, 0.29) is 40.1 Å². The van der Waals surface area contributed by atoms with Crippen LogP contribution in [0.2, 0.25) is 25.7 Å². The molecular formula is C41H59F2N5O6S2Si. The standard InChI is InChI=1S/C26H39FN2O5SSi.C15H20FN3OS/c1-17-11-10-12-18(20(17)27)25(5)19-15-26(19,21(30)32-6)35-22(28-25)29(23(31)34-24(2,3)4)16-33-13-14-36(7,8)9;1-8-4-9(17)5-10(12(8)16)14(2)11-6-15(11,7-20-3)21-13(18)19-14/h10-12,19H,13-16H2,1-9H3;4-5,11H,6-7,17H2,1-3H3,(H2,18,19)/t19-,25+,26-;11-,14+,15+/m00/s1. The van der Waals surface area contributed by atoms with Gasteiger partial charge < -0.3 is 30.4 Å². The Hall–Kier alpha value is -3.18. The molecule has 11 nitrogen and oxygen atoms in total. The summed E-state index contributed by atoms with van der Waals surface area (Å²) in [5, 5.41) is 0.752. The van der Waals surface area contributed by atoms with E-state index >= 15 is 4.39 Å². The van der Waals surface area contributed by atoms with E-state index in [0.717, 1.165) is 12.5 Å². The number of amidine groups is 2. The van der Waals surface area contributed by atoms with Crippen molar-refractivity contribution in [3.63, 3.8) is 0 Å². The lowest BCUT2D eigenvalue weighted by Gasteiger charge is -2.37. The number of hydrogen-bond donors (Lipinski definition) is 2. The zero-order valence-corrected chi connectivity index (χ0v) is 37.9. The second kappa shape index (κ2) is 16.1. The summed E-state index contributed by atoms with van der Waals surface area (Å²) in [6, 6.07) is 9.43. The van der Waals surface area contributed by atoms with Gasteiger partial charge in [0.25, 0.3) is 0 Å². The highest BCUT2D eigenvalue weighted by Gasteiger charge is 2.72. The van der Waals surface area contributed by atoms with Crippen molar-refractivity contribution in [3.05, 3.63) is 64.2 Å². The fourth-order valence-electron chi connectivity index (χ4n) is 7.85. The van der Waals surface area contributed by atoms with Gasteiger partial charge >= 0.3 is 12.1 Å². The molecule has 2 aromatic carbocycles. The Balaban J connectivity index is 0.000000249. The predicted molar refractivity (Wildman–Crippen MR) is 228 cm³/mol. The molecule has 0 bridgehead atoms. The summed E-state index contributed by atoms with van der Waals surface area (Å²) in [6.45, 7) is 20.3. The Kier molecular flexibility index (Phi) is 12.7. The number of carbonyl (C=O) groups excluding carboxylic acids is 2. The van der Waals surface area contributed by atoms with Crippen molar-refractivity contribution in [3.8, 4) is 0 Å². The number of nitrogen functional groups attached to an aromatic ring is 1. The number of aliphatic imine (C=N–C) groups is 2. The number of nitrogens with zero attached hydrogens (tertiary/aromatic N) is 3. The zero-order chi connectivity index (χ0) is 42.5. The second-order valence-corrected chi connectivity index (χ2v) is 26.5. The third-order valence-corrected chi connectivity index (χ3v) is 15.5. The quantitative estimate of drug-likeness (QED) is 0.0786. The van der Waals surface area contributed by atoms with Crippen LogP contribution in [0.5, 0.6) is 0 Å². The normalized spacial score (nSPS) is 28.7. The van der Waals surface area contributed by atoms with Gasteiger partial charge in [-0.1, -0.05) is 61.4 Å². The molecule has 0 spiro atoms. The number of thioether (sulfide) groups is 2. The highest BCUT2D eigenvalue weighted by molar-refractivity contribution is 8.16. The summed E-state index contributed by atoms with van der Waals surface area (Å²) in [4.78, 5) is 37.2. The average molecular weight is 848 g/mol. The van der Waals surface area contributed by atoms with E-state index in [1.165, 1.54) is 23.8 Å². The first kappa shape index (κ1) is 44.9. The van der Waals surface area contributed by atoms with E-state index in [0.29, 0.717) is 52.7 Å². The maximum absolute atomic E-state index is 15.4. The number of methoxy groups -OCH3 is 2. The molecule has 0 aromatic heterocycles. The van der Waals surface area contributed by atoms with Crippen LogP contribution in [-0.2, 0) is 34.8 Å². The number of anilines is 1. The SMILES string of the molecule is COC(=O)[C@]12C[C@H]1[C@@](C)(c1cccc(C)c1F)N=C(N(COCC[Si](C)(C)C)C(=O)OC(C)(C)C)S2.COC[C@]12C[C@H]1[C@@](C)(c1cc(N)cc(C)c1F)N=C(N)S2. The maximum atomic E-state index is 15.4. The molecule has 2 saturated carbocycles. The third-order valence-electron chi connectivity index (χ3n) is 11.1. The van der Waals surface area contributed by atoms with Gasteiger partial charge in [0.05, 0.1) is 29.5 Å². The van der Waals surface area contributed by atoms with Crippen molar-refractivity contribution < 1.29 is 37.3 Å². The van der Waals surface area contributed by atoms with E-state index in [1.54, 1.807) is 83.8 Å². The van der Waals surface area contributed by atoms with Crippen molar-refractivity contribution in [2.75, 3.05) is 39.9 Å². The number of hydrogen-bond acceptors (Lipinski definition) is 12. The number of esters is 1. The molecule has 1 amide bonds. The molecule has 4 N–H and O–H groups in total. The van der Waals surface area contributed by atoms with Crippen LogP contribution in [0.15, 0.2) is 40.3 Å². The molecular weight excluding hydrogens is 789 g/mol. The van der Waals surface area contributed by atoms with Crippen LogP contribution in [0.3, 0.4) is 0 Å². The Labute approximate surface area is 345 Å². The number of benzene rings is 2.